The molecule has 6 heteroatoms. The van der Waals surface area contributed by atoms with Gasteiger partial charge in [-0.05, 0) is 37.5 Å². The Morgan fingerprint density at radius 2 is 1.84 bits per heavy atom. The average molecular weight is 462 g/mol. The highest BCUT2D eigenvalue weighted by molar-refractivity contribution is 14.0. The highest BCUT2D eigenvalue weighted by Crippen LogP contribution is 2.45. The van der Waals surface area contributed by atoms with E-state index in [9.17, 15) is 4.79 Å². The first-order valence-corrected chi connectivity index (χ1v) is 9.96. The van der Waals surface area contributed by atoms with Gasteiger partial charge in [0.05, 0.1) is 0 Å². The topological polar surface area (TPSA) is 56.7 Å². The molecule has 144 valence electrons. The van der Waals surface area contributed by atoms with E-state index in [0.29, 0.717) is 24.4 Å². The van der Waals surface area contributed by atoms with Crippen LogP contribution in [0.3, 0.4) is 0 Å². The Morgan fingerprint density at radius 3 is 2.52 bits per heavy atom. The minimum Gasteiger partial charge on any atom is -0.356 e. The minimum atomic E-state index is 0. The van der Waals surface area contributed by atoms with Crippen LogP contribution in [0, 0.1) is 5.41 Å². The van der Waals surface area contributed by atoms with Crippen LogP contribution < -0.4 is 10.6 Å². The highest BCUT2D eigenvalue weighted by Gasteiger charge is 2.41. The van der Waals surface area contributed by atoms with Crippen LogP contribution >= 0.6 is 24.0 Å². The van der Waals surface area contributed by atoms with Gasteiger partial charge in [-0.2, -0.15) is 0 Å². The van der Waals surface area contributed by atoms with Crippen LogP contribution in [0.15, 0.2) is 4.99 Å². The Morgan fingerprint density at radius 1 is 1.12 bits per heavy atom. The fourth-order valence-corrected chi connectivity index (χ4v) is 4.82. The van der Waals surface area contributed by atoms with Crippen molar-refractivity contribution in [2.45, 2.75) is 76.7 Å². The predicted molar refractivity (Wildman–Crippen MR) is 114 cm³/mol. The number of guanidine groups is 1. The lowest BCUT2D eigenvalue weighted by Gasteiger charge is -2.26. The third kappa shape index (κ3) is 5.73. The molecule has 5 nitrogen and oxygen atoms in total. The molecule has 0 bridgehead atoms. The van der Waals surface area contributed by atoms with Gasteiger partial charge in [-0.25, -0.2) is 0 Å². The third-order valence-electron chi connectivity index (χ3n) is 6.22. The maximum atomic E-state index is 12.1. The molecule has 2 aliphatic carbocycles. The van der Waals surface area contributed by atoms with Crippen LogP contribution in [0.4, 0.5) is 0 Å². The van der Waals surface area contributed by atoms with E-state index < -0.39 is 0 Å². The first-order valence-electron chi connectivity index (χ1n) is 9.96. The molecular weight excluding hydrogens is 427 g/mol. The van der Waals surface area contributed by atoms with Gasteiger partial charge in [-0.3, -0.25) is 9.79 Å². The number of likely N-dealkylation sites (tertiary alicyclic amines) is 1. The molecule has 1 saturated heterocycles. The minimum absolute atomic E-state index is 0. The van der Waals surface area contributed by atoms with E-state index in [1.807, 2.05) is 7.05 Å². The Bertz CT molecular complexity index is 456. The fraction of sp³-hybridized carbons (Fsp3) is 0.895. The van der Waals surface area contributed by atoms with E-state index in [4.69, 9.17) is 0 Å². The normalized spacial score (nSPS) is 23.6. The van der Waals surface area contributed by atoms with Gasteiger partial charge in [0.15, 0.2) is 5.96 Å². The standard InChI is InChI=1S/C19H34N4O.HI/c1-20-18(23-14-12-19(15-23)10-5-6-11-19)21-13-9-17(24)22-16-7-3-2-4-8-16;/h16H,2-15H2,1H3,(H,20,21)(H,22,24);1H. The van der Waals surface area contributed by atoms with Gasteiger partial charge in [-0.1, -0.05) is 32.1 Å². The summed E-state index contributed by atoms with van der Waals surface area (Å²) in [6.45, 7) is 2.92. The molecule has 3 aliphatic rings. The van der Waals surface area contributed by atoms with Crippen molar-refractivity contribution in [3.8, 4) is 0 Å². The highest BCUT2D eigenvalue weighted by atomic mass is 127. The zero-order valence-electron chi connectivity index (χ0n) is 15.7. The summed E-state index contributed by atoms with van der Waals surface area (Å²) in [5.74, 6) is 1.16. The van der Waals surface area contributed by atoms with Crippen molar-refractivity contribution in [2.24, 2.45) is 10.4 Å². The second-order valence-corrected chi connectivity index (χ2v) is 8.01. The number of hydrogen-bond acceptors (Lipinski definition) is 2. The average Bonchev–Trinajstić information content (AvgIpc) is 3.23. The maximum Gasteiger partial charge on any atom is 0.221 e. The smallest absolute Gasteiger partial charge is 0.221 e. The summed E-state index contributed by atoms with van der Waals surface area (Å²) >= 11 is 0. The van der Waals surface area contributed by atoms with E-state index in [1.165, 1.54) is 51.4 Å². The summed E-state index contributed by atoms with van der Waals surface area (Å²) in [7, 11) is 1.85. The first kappa shape index (κ1) is 20.8. The van der Waals surface area contributed by atoms with Crippen molar-refractivity contribution < 1.29 is 4.79 Å². The monoisotopic (exact) mass is 462 g/mol. The molecule has 3 rings (SSSR count). The third-order valence-corrected chi connectivity index (χ3v) is 6.22. The number of carbonyl (C=O) groups is 1. The van der Waals surface area contributed by atoms with E-state index in [0.717, 1.165) is 31.9 Å². The number of hydrogen-bond donors (Lipinski definition) is 2. The Kier molecular flexibility index (Phi) is 8.29. The summed E-state index contributed by atoms with van der Waals surface area (Å²) in [6, 6.07) is 0.409. The molecule has 0 atom stereocenters. The van der Waals surface area contributed by atoms with Crippen LogP contribution in [-0.4, -0.2) is 49.5 Å². The second-order valence-electron chi connectivity index (χ2n) is 8.01. The molecule has 0 aromatic rings. The van der Waals surface area contributed by atoms with Gasteiger partial charge in [0.2, 0.25) is 5.91 Å². The predicted octanol–water partition coefficient (Wildman–Crippen LogP) is 3.28. The lowest BCUT2D eigenvalue weighted by molar-refractivity contribution is -0.121. The molecule has 0 radical (unpaired) electrons. The molecule has 1 heterocycles. The summed E-state index contributed by atoms with van der Waals surface area (Å²) in [4.78, 5) is 18.9. The molecule has 2 N–H and O–H groups in total. The number of nitrogens with one attached hydrogen (secondary N) is 2. The molecule has 2 saturated carbocycles. The molecule has 1 aliphatic heterocycles. The van der Waals surface area contributed by atoms with Crippen LogP contribution in [0.2, 0.25) is 0 Å². The summed E-state index contributed by atoms with van der Waals surface area (Å²) in [6.07, 6.45) is 13.5. The zero-order chi connectivity index (χ0) is 16.8. The molecule has 0 aromatic heterocycles. The molecule has 3 fully saturated rings. The lowest BCUT2D eigenvalue weighted by atomic mass is 9.86. The SMILES string of the molecule is CN=C(NCCC(=O)NC1CCCCC1)N1CCC2(CCCC2)C1.I. The van der Waals surface area contributed by atoms with Crippen LogP contribution in [0.1, 0.15) is 70.6 Å². The van der Waals surface area contributed by atoms with Gasteiger partial charge in [0, 0.05) is 39.1 Å². The van der Waals surface area contributed by atoms with Crippen molar-refractivity contribution >= 4 is 35.8 Å². The van der Waals surface area contributed by atoms with Crippen LogP contribution in [-0.2, 0) is 4.79 Å². The van der Waals surface area contributed by atoms with Gasteiger partial charge >= 0.3 is 0 Å². The second kappa shape index (κ2) is 9.97. The van der Waals surface area contributed by atoms with Gasteiger partial charge in [-0.15, -0.1) is 24.0 Å². The zero-order valence-corrected chi connectivity index (χ0v) is 18.0. The molecule has 25 heavy (non-hydrogen) atoms. The van der Waals surface area contributed by atoms with Crippen molar-refractivity contribution in [1.82, 2.24) is 15.5 Å². The number of carbonyl (C=O) groups excluding carboxylic acids is 1. The molecule has 1 amide bonds. The van der Waals surface area contributed by atoms with E-state index in [2.05, 4.69) is 20.5 Å². The Hall–Kier alpha value is -0.530. The van der Waals surface area contributed by atoms with Crippen molar-refractivity contribution in [3.63, 3.8) is 0 Å². The number of aliphatic imine (C=N–C) groups is 1. The number of halogens is 1. The van der Waals surface area contributed by atoms with Gasteiger partial charge < -0.3 is 15.5 Å². The van der Waals surface area contributed by atoms with E-state index in [-0.39, 0.29) is 29.9 Å². The van der Waals surface area contributed by atoms with Crippen molar-refractivity contribution in [1.29, 1.82) is 0 Å². The number of rotatable bonds is 4. The summed E-state index contributed by atoms with van der Waals surface area (Å²) < 4.78 is 0. The summed E-state index contributed by atoms with van der Waals surface area (Å²) in [5.41, 5.74) is 0.552. The van der Waals surface area contributed by atoms with E-state index >= 15 is 0 Å². The Labute approximate surface area is 169 Å². The quantitative estimate of drug-likeness (QED) is 0.383. The fourth-order valence-electron chi connectivity index (χ4n) is 4.82. The van der Waals surface area contributed by atoms with Crippen LogP contribution in [0.5, 0.6) is 0 Å². The van der Waals surface area contributed by atoms with E-state index in [1.54, 1.807) is 0 Å². The van der Waals surface area contributed by atoms with Crippen molar-refractivity contribution in [3.05, 3.63) is 0 Å². The molecular formula is C19H35IN4O. The molecule has 0 aromatic carbocycles. The Balaban J connectivity index is 0.00000225. The first-order chi connectivity index (χ1) is 11.7. The van der Waals surface area contributed by atoms with Crippen molar-refractivity contribution in [2.75, 3.05) is 26.7 Å². The number of nitrogens with zero attached hydrogens (tertiary/aromatic N) is 2. The molecule has 0 unspecified atom stereocenters. The largest absolute Gasteiger partial charge is 0.356 e. The lowest BCUT2D eigenvalue weighted by Crippen LogP contribution is -2.43. The maximum absolute atomic E-state index is 12.1. The van der Waals surface area contributed by atoms with Crippen LogP contribution in [0.25, 0.3) is 0 Å². The molecule has 1 spiro atoms. The van der Waals surface area contributed by atoms with Gasteiger partial charge in [0.25, 0.3) is 0 Å². The van der Waals surface area contributed by atoms with Gasteiger partial charge in [0.1, 0.15) is 0 Å². The summed E-state index contributed by atoms with van der Waals surface area (Å²) in [5, 5.41) is 6.59. The number of amides is 1.